The molecule has 1 N–H and O–H groups in total. The van der Waals surface area contributed by atoms with Crippen LogP contribution in [0.4, 0.5) is 0 Å². The van der Waals surface area contributed by atoms with Gasteiger partial charge in [-0.3, -0.25) is 0 Å². The second-order valence-corrected chi connectivity index (χ2v) is 6.10. The van der Waals surface area contributed by atoms with E-state index in [1.807, 2.05) is 0 Å². The molecule has 1 nitrogen and oxygen atoms in total. The van der Waals surface area contributed by atoms with Gasteiger partial charge in [0.2, 0.25) is 0 Å². The van der Waals surface area contributed by atoms with Crippen LogP contribution in [0.25, 0.3) is 0 Å². The number of nitrogens with one attached hydrogen (secondary N) is 1. The molecule has 0 bridgehead atoms. The zero-order valence-corrected chi connectivity index (χ0v) is 12.2. The van der Waals surface area contributed by atoms with Gasteiger partial charge in [0.15, 0.2) is 0 Å². The molecule has 1 rings (SSSR count). The Kier molecular flexibility index (Phi) is 5.74. The van der Waals surface area contributed by atoms with Gasteiger partial charge >= 0.3 is 0 Å². The Labute approximate surface area is 110 Å². The maximum Gasteiger partial charge on any atom is 0.0439 e. The molecular weight excluding hydrogens is 226 g/mol. The molecule has 1 unspecified atom stereocenters. The van der Waals surface area contributed by atoms with Gasteiger partial charge < -0.3 is 5.32 Å². The molecule has 0 fully saturated rings. The van der Waals surface area contributed by atoms with Crippen LogP contribution >= 0.6 is 11.3 Å². The van der Waals surface area contributed by atoms with E-state index in [-0.39, 0.29) is 5.41 Å². The van der Waals surface area contributed by atoms with E-state index in [9.17, 15) is 0 Å². The van der Waals surface area contributed by atoms with Gasteiger partial charge in [-0.05, 0) is 56.1 Å². The largest absolute Gasteiger partial charge is 0.309 e. The third-order valence-electron chi connectivity index (χ3n) is 2.36. The summed E-state index contributed by atoms with van der Waals surface area (Å²) >= 11 is 1.75. The fourth-order valence-corrected chi connectivity index (χ4v) is 2.23. The molecule has 0 amide bonds. The van der Waals surface area contributed by atoms with E-state index < -0.39 is 0 Å². The van der Waals surface area contributed by atoms with Crippen molar-refractivity contribution in [3.63, 3.8) is 0 Å². The highest BCUT2D eigenvalue weighted by Gasteiger charge is 2.10. The van der Waals surface area contributed by atoms with Gasteiger partial charge in [0, 0.05) is 17.9 Å². The van der Waals surface area contributed by atoms with Crippen LogP contribution in [0.5, 0.6) is 0 Å². The lowest BCUT2D eigenvalue weighted by Crippen LogP contribution is -2.21. The number of rotatable bonds is 5. The fourth-order valence-electron chi connectivity index (χ4n) is 1.52. The first kappa shape index (κ1) is 14.3. The Morgan fingerprint density at radius 2 is 2.18 bits per heavy atom. The molecule has 2 heteroatoms. The van der Waals surface area contributed by atoms with Gasteiger partial charge in [-0.25, -0.2) is 0 Å². The van der Waals surface area contributed by atoms with Gasteiger partial charge in [-0.2, -0.15) is 11.3 Å². The maximum absolute atomic E-state index is 3.56. The van der Waals surface area contributed by atoms with Gasteiger partial charge in [0.1, 0.15) is 0 Å². The summed E-state index contributed by atoms with van der Waals surface area (Å²) in [6, 6.07) is 2.58. The monoisotopic (exact) mass is 249 g/mol. The lowest BCUT2D eigenvalue weighted by Gasteiger charge is -2.15. The fraction of sp³-hybridized carbons (Fsp3) is 0.600. The number of hydrogen-bond acceptors (Lipinski definition) is 2. The molecule has 0 radical (unpaired) electrons. The van der Waals surface area contributed by atoms with Crippen LogP contribution in [0.3, 0.4) is 0 Å². The van der Waals surface area contributed by atoms with Crippen molar-refractivity contribution in [1.29, 1.82) is 0 Å². The Balaban J connectivity index is 2.61. The van der Waals surface area contributed by atoms with Gasteiger partial charge in [-0.1, -0.05) is 12.8 Å². The number of thiophene rings is 1. The average Bonchev–Trinajstić information content (AvgIpc) is 2.74. The van der Waals surface area contributed by atoms with Crippen molar-refractivity contribution in [3.05, 3.63) is 22.4 Å². The van der Waals surface area contributed by atoms with E-state index in [0.717, 1.165) is 19.4 Å². The third-order valence-corrected chi connectivity index (χ3v) is 3.06. The molecule has 0 aliphatic rings. The molecular formula is C15H23NS. The quantitative estimate of drug-likeness (QED) is 0.770. The van der Waals surface area contributed by atoms with Crippen LogP contribution in [0, 0.1) is 17.3 Å². The summed E-state index contributed by atoms with van der Waals surface area (Å²) in [7, 11) is 0. The van der Waals surface area contributed by atoms with Crippen LogP contribution < -0.4 is 5.32 Å². The van der Waals surface area contributed by atoms with Gasteiger partial charge in [0.25, 0.3) is 0 Å². The van der Waals surface area contributed by atoms with Crippen LogP contribution in [-0.2, 0) is 0 Å². The molecule has 0 aromatic carbocycles. The highest BCUT2D eigenvalue weighted by atomic mass is 32.1. The van der Waals surface area contributed by atoms with Crippen molar-refractivity contribution in [2.75, 3.05) is 6.54 Å². The predicted octanol–water partition coefficient (Wildman–Crippen LogP) is 4.23. The summed E-state index contributed by atoms with van der Waals surface area (Å²) in [6.45, 7) is 9.70. The minimum absolute atomic E-state index is 0.101. The van der Waals surface area contributed by atoms with Crippen molar-refractivity contribution in [2.24, 2.45) is 5.41 Å². The number of hydrogen-bond donors (Lipinski definition) is 1. The average molecular weight is 249 g/mol. The molecule has 0 saturated heterocycles. The second kappa shape index (κ2) is 6.83. The SMILES string of the molecule is CCCNC(CC#CC(C)(C)C)c1ccsc1. The summed E-state index contributed by atoms with van der Waals surface area (Å²) in [5.41, 5.74) is 1.47. The minimum Gasteiger partial charge on any atom is -0.309 e. The summed E-state index contributed by atoms with van der Waals surface area (Å²) in [5, 5.41) is 7.91. The lowest BCUT2D eigenvalue weighted by molar-refractivity contribution is 0.539. The van der Waals surface area contributed by atoms with E-state index in [1.54, 1.807) is 11.3 Å². The Bertz CT molecular complexity index is 362. The predicted molar refractivity (Wildman–Crippen MR) is 77.2 cm³/mol. The molecule has 94 valence electrons. The van der Waals surface area contributed by atoms with E-state index in [4.69, 9.17) is 0 Å². The Morgan fingerprint density at radius 1 is 1.41 bits per heavy atom. The van der Waals surface area contributed by atoms with Crippen molar-refractivity contribution in [2.45, 2.75) is 46.6 Å². The minimum atomic E-state index is 0.101. The highest BCUT2D eigenvalue weighted by molar-refractivity contribution is 7.07. The smallest absolute Gasteiger partial charge is 0.0439 e. The van der Waals surface area contributed by atoms with Crippen LogP contribution in [0.2, 0.25) is 0 Å². The lowest BCUT2D eigenvalue weighted by atomic mass is 9.97. The summed E-state index contributed by atoms with van der Waals surface area (Å²) in [6.07, 6.45) is 2.06. The zero-order valence-electron chi connectivity index (χ0n) is 11.3. The molecule has 0 spiro atoms. The van der Waals surface area contributed by atoms with Crippen LogP contribution in [0.1, 0.15) is 52.1 Å². The van der Waals surface area contributed by atoms with E-state index in [1.165, 1.54) is 5.56 Å². The molecule has 1 aromatic heterocycles. The van der Waals surface area contributed by atoms with Crippen molar-refractivity contribution in [3.8, 4) is 11.8 Å². The first-order chi connectivity index (χ1) is 8.03. The molecule has 1 atom stereocenters. The molecule has 0 aliphatic heterocycles. The Hall–Kier alpha value is -0.780. The van der Waals surface area contributed by atoms with Crippen molar-refractivity contribution < 1.29 is 0 Å². The summed E-state index contributed by atoms with van der Waals surface area (Å²) in [4.78, 5) is 0. The molecule has 0 saturated carbocycles. The molecule has 1 aromatic rings. The van der Waals surface area contributed by atoms with Crippen LogP contribution in [0.15, 0.2) is 16.8 Å². The highest BCUT2D eigenvalue weighted by Crippen LogP contribution is 2.19. The van der Waals surface area contributed by atoms with E-state index in [0.29, 0.717) is 6.04 Å². The molecule has 1 heterocycles. The van der Waals surface area contributed by atoms with Crippen LogP contribution in [-0.4, -0.2) is 6.54 Å². The van der Waals surface area contributed by atoms with E-state index >= 15 is 0 Å². The summed E-state index contributed by atoms with van der Waals surface area (Å²) in [5.74, 6) is 6.62. The first-order valence-corrected chi connectivity index (χ1v) is 7.22. The topological polar surface area (TPSA) is 12.0 Å². The maximum atomic E-state index is 3.56. The van der Waals surface area contributed by atoms with E-state index in [2.05, 4.69) is 61.7 Å². The van der Waals surface area contributed by atoms with Crippen molar-refractivity contribution in [1.82, 2.24) is 5.32 Å². The second-order valence-electron chi connectivity index (χ2n) is 5.32. The Morgan fingerprint density at radius 3 is 2.71 bits per heavy atom. The normalized spacial score (nSPS) is 12.9. The molecule has 0 aliphatic carbocycles. The first-order valence-electron chi connectivity index (χ1n) is 6.28. The molecule has 17 heavy (non-hydrogen) atoms. The zero-order chi connectivity index (χ0) is 12.7. The summed E-state index contributed by atoms with van der Waals surface area (Å²) < 4.78 is 0. The van der Waals surface area contributed by atoms with Crippen molar-refractivity contribution >= 4 is 11.3 Å². The third kappa shape index (κ3) is 5.91. The standard InChI is InChI=1S/C15H23NS/c1-5-10-16-14(13-8-11-17-12-13)7-6-9-15(2,3)4/h8,11-12,14,16H,5,7,10H2,1-4H3. The van der Waals surface area contributed by atoms with Gasteiger partial charge in [-0.15, -0.1) is 5.92 Å². The van der Waals surface area contributed by atoms with Gasteiger partial charge in [0.05, 0.1) is 0 Å².